The smallest absolute Gasteiger partial charge is 0.241 e. The summed E-state index contributed by atoms with van der Waals surface area (Å²) in [5, 5.41) is 2.70. The van der Waals surface area contributed by atoms with Crippen molar-refractivity contribution in [2.45, 2.75) is 24.4 Å². The minimum absolute atomic E-state index is 0.0159. The van der Waals surface area contributed by atoms with Crippen LogP contribution in [0.5, 0.6) is 11.5 Å². The van der Waals surface area contributed by atoms with Gasteiger partial charge in [-0.2, -0.15) is 4.72 Å². The molecule has 2 N–H and O–H groups in total. The predicted molar refractivity (Wildman–Crippen MR) is 97.6 cm³/mol. The van der Waals surface area contributed by atoms with Crippen molar-refractivity contribution in [2.24, 2.45) is 0 Å². The normalized spacial score (nSPS) is 12.3. The minimum atomic E-state index is -3.89. The van der Waals surface area contributed by atoms with Crippen molar-refractivity contribution >= 4 is 15.9 Å². The van der Waals surface area contributed by atoms with Gasteiger partial charge in [-0.1, -0.05) is 30.3 Å². The molecule has 0 aromatic heterocycles. The minimum Gasteiger partial charge on any atom is -0.493 e. The predicted octanol–water partition coefficient (Wildman–Crippen LogP) is 1.69. The monoisotopic (exact) mass is 378 g/mol. The zero-order chi connectivity index (χ0) is 19.2. The van der Waals surface area contributed by atoms with Gasteiger partial charge in [-0.15, -0.1) is 0 Å². The van der Waals surface area contributed by atoms with Crippen molar-refractivity contribution in [1.29, 1.82) is 0 Å². The SMILES string of the molecule is COc1ccc(S(=O)(=O)NC(C)C(=O)NCc2ccccc2)cc1OC. The third-order valence-electron chi connectivity index (χ3n) is 3.70. The summed E-state index contributed by atoms with van der Waals surface area (Å²) in [6, 6.07) is 12.6. The zero-order valence-corrected chi connectivity index (χ0v) is 15.7. The van der Waals surface area contributed by atoms with Gasteiger partial charge in [0.1, 0.15) is 0 Å². The van der Waals surface area contributed by atoms with Gasteiger partial charge in [-0.05, 0) is 24.6 Å². The number of sulfonamides is 1. The Morgan fingerprint density at radius 3 is 2.31 bits per heavy atom. The quantitative estimate of drug-likeness (QED) is 0.729. The highest BCUT2D eigenvalue weighted by molar-refractivity contribution is 7.89. The Morgan fingerprint density at radius 1 is 1.04 bits per heavy atom. The molecule has 2 rings (SSSR count). The van der Waals surface area contributed by atoms with Gasteiger partial charge in [-0.3, -0.25) is 4.79 Å². The number of amides is 1. The van der Waals surface area contributed by atoms with Crippen LogP contribution in [0, 0.1) is 0 Å². The largest absolute Gasteiger partial charge is 0.493 e. The van der Waals surface area contributed by atoms with E-state index in [0.717, 1.165) is 5.56 Å². The van der Waals surface area contributed by atoms with Crippen LogP contribution in [0.4, 0.5) is 0 Å². The summed E-state index contributed by atoms with van der Waals surface area (Å²) in [6.07, 6.45) is 0. The summed E-state index contributed by atoms with van der Waals surface area (Å²) in [5.74, 6) is 0.287. The molecule has 140 valence electrons. The van der Waals surface area contributed by atoms with E-state index in [9.17, 15) is 13.2 Å². The Kier molecular flexibility index (Phi) is 6.59. The van der Waals surface area contributed by atoms with E-state index < -0.39 is 22.0 Å². The molecule has 0 bridgehead atoms. The van der Waals surface area contributed by atoms with Gasteiger partial charge < -0.3 is 14.8 Å². The number of hydrogen-bond acceptors (Lipinski definition) is 5. The number of rotatable bonds is 8. The van der Waals surface area contributed by atoms with Gasteiger partial charge >= 0.3 is 0 Å². The number of benzene rings is 2. The van der Waals surface area contributed by atoms with E-state index in [1.165, 1.54) is 39.3 Å². The maximum absolute atomic E-state index is 12.5. The first-order chi connectivity index (χ1) is 12.4. The Balaban J connectivity index is 2.04. The highest BCUT2D eigenvalue weighted by Crippen LogP contribution is 2.29. The molecule has 2 aromatic carbocycles. The fraction of sp³-hybridized carbons (Fsp3) is 0.278. The van der Waals surface area contributed by atoms with Gasteiger partial charge in [0.15, 0.2) is 11.5 Å². The molecule has 0 aliphatic carbocycles. The van der Waals surface area contributed by atoms with Crippen molar-refractivity contribution in [3.8, 4) is 11.5 Å². The van der Waals surface area contributed by atoms with E-state index in [1.807, 2.05) is 30.3 Å². The summed E-state index contributed by atoms with van der Waals surface area (Å²) >= 11 is 0. The molecule has 1 unspecified atom stereocenters. The van der Waals surface area contributed by atoms with Crippen molar-refractivity contribution in [2.75, 3.05) is 14.2 Å². The first-order valence-corrected chi connectivity index (χ1v) is 9.41. The first-order valence-electron chi connectivity index (χ1n) is 7.93. The average molecular weight is 378 g/mol. The number of carbonyl (C=O) groups is 1. The van der Waals surface area contributed by atoms with Crippen LogP contribution in [0.2, 0.25) is 0 Å². The molecule has 0 saturated heterocycles. The van der Waals surface area contributed by atoms with Crippen LogP contribution in [0.1, 0.15) is 12.5 Å². The second-order valence-corrected chi connectivity index (χ2v) is 7.28. The molecule has 0 heterocycles. The van der Waals surface area contributed by atoms with Crippen LogP contribution in [-0.2, 0) is 21.4 Å². The lowest BCUT2D eigenvalue weighted by Gasteiger charge is -2.15. The summed E-state index contributed by atoms with van der Waals surface area (Å²) in [4.78, 5) is 12.2. The fourth-order valence-electron chi connectivity index (χ4n) is 2.28. The molecular formula is C18H22N2O5S. The van der Waals surface area contributed by atoms with Crippen molar-refractivity contribution in [3.63, 3.8) is 0 Å². The Bertz CT molecular complexity index is 853. The molecule has 0 aliphatic rings. The molecule has 0 radical (unpaired) electrons. The number of hydrogen-bond donors (Lipinski definition) is 2. The van der Waals surface area contributed by atoms with Crippen LogP contribution in [0.3, 0.4) is 0 Å². The van der Waals surface area contributed by atoms with Gasteiger partial charge in [0.05, 0.1) is 25.2 Å². The van der Waals surface area contributed by atoms with Gasteiger partial charge in [-0.25, -0.2) is 8.42 Å². The fourth-order valence-corrected chi connectivity index (χ4v) is 3.49. The molecular weight excluding hydrogens is 356 g/mol. The Labute approximate surface area is 153 Å². The lowest BCUT2D eigenvalue weighted by Crippen LogP contribution is -2.44. The van der Waals surface area contributed by atoms with E-state index in [1.54, 1.807) is 0 Å². The summed E-state index contributed by atoms with van der Waals surface area (Å²) in [6.45, 7) is 1.81. The Morgan fingerprint density at radius 2 is 1.69 bits per heavy atom. The number of carbonyl (C=O) groups excluding carboxylic acids is 1. The number of nitrogens with one attached hydrogen (secondary N) is 2. The summed E-state index contributed by atoms with van der Waals surface area (Å²) < 4.78 is 37.6. The molecule has 1 atom stereocenters. The number of methoxy groups -OCH3 is 2. The van der Waals surface area contributed by atoms with Crippen molar-refractivity contribution in [1.82, 2.24) is 10.0 Å². The van der Waals surface area contributed by atoms with Crippen LogP contribution in [0.25, 0.3) is 0 Å². The summed E-state index contributed by atoms with van der Waals surface area (Å²) in [5.41, 5.74) is 0.927. The van der Waals surface area contributed by atoms with E-state index in [0.29, 0.717) is 12.3 Å². The molecule has 0 saturated carbocycles. The molecule has 8 heteroatoms. The number of ether oxygens (including phenoxy) is 2. The Hall–Kier alpha value is -2.58. The molecule has 7 nitrogen and oxygen atoms in total. The van der Waals surface area contributed by atoms with E-state index in [4.69, 9.17) is 9.47 Å². The van der Waals surface area contributed by atoms with Crippen LogP contribution in [0.15, 0.2) is 53.4 Å². The van der Waals surface area contributed by atoms with Crippen molar-refractivity contribution < 1.29 is 22.7 Å². The standard InChI is InChI=1S/C18H22N2O5S/c1-13(18(21)19-12-14-7-5-4-6-8-14)20-26(22,23)15-9-10-16(24-2)17(11-15)25-3/h4-11,13,20H,12H2,1-3H3,(H,19,21). The van der Waals surface area contributed by atoms with Gasteiger partial charge in [0.2, 0.25) is 15.9 Å². The van der Waals surface area contributed by atoms with E-state index in [2.05, 4.69) is 10.0 Å². The molecule has 0 spiro atoms. The molecule has 26 heavy (non-hydrogen) atoms. The second-order valence-electron chi connectivity index (χ2n) is 5.56. The average Bonchev–Trinajstić information content (AvgIpc) is 2.65. The zero-order valence-electron chi connectivity index (χ0n) is 14.9. The van der Waals surface area contributed by atoms with Gasteiger partial charge in [0, 0.05) is 12.6 Å². The molecule has 0 aliphatic heterocycles. The lowest BCUT2D eigenvalue weighted by molar-refractivity contribution is -0.122. The van der Waals surface area contributed by atoms with Crippen LogP contribution in [-0.4, -0.2) is 34.6 Å². The summed E-state index contributed by atoms with van der Waals surface area (Å²) in [7, 11) is -1.01. The van der Waals surface area contributed by atoms with Gasteiger partial charge in [0.25, 0.3) is 0 Å². The first kappa shape index (κ1) is 19.7. The highest BCUT2D eigenvalue weighted by atomic mass is 32.2. The topological polar surface area (TPSA) is 93.7 Å². The maximum Gasteiger partial charge on any atom is 0.241 e. The van der Waals surface area contributed by atoms with Crippen LogP contribution >= 0.6 is 0 Å². The second kappa shape index (κ2) is 8.68. The molecule has 0 fully saturated rings. The lowest BCUT2D eigenvalue weighted by atomic mass is 10.2. The highest BCUT2D eigenvalue weighted by Gasteiger charge is 2.23. The van der Waals surface area contributed by atoms with E-state index in [-0.39, 0.29) is 10.6 Å². The maximum atomic E-state index is 12.5. The van der Waals surface area contributed by atoms with E-state index >= 15 is 0 Å². The van der Waals surface area contributed by atoms with Crippen LogP contribution < -0.4 is 19.5 Å². The molecule has 1 amide bonds. The van der Waals surface area contributed by atoms with Crippen molar-refractivity contribution in [3.05, 3.63) is 54.1 Å². The molecule has 2 aromatic rings. The third kappa shape index (κ3) is 4.96. The third-order valence-corrected chi connectivity index (χ3v) is 5.24.